The zero-order valence-corrected chi connectivity index (χ0v) is 18.5. The quantitative estimate of drug-likeness (QED) is 0.552. The number of benzene rings is 2. The Morgan fingerprint density at radius 1 is 0.933 bits per heavy atom. The number of urea groups is 1. The molecule has 0 aliphatic rings. The fraction of sp³-hybridized carbons (Fsp3) is 0.417. The summed E-state index contributed by atoms with van der Waals surface area (Å²) in [4.78, 5) is 24.7. The first-order valence-electron chi connectivity index (χ1n) is 10.5. The van der Waals surface area contributed by atoms with Gasteiger partial charge in [-0.3, -0.25) is 4.79 Å². The molecule has 30 heavy (non-hydrogen) atoms. The fourth-order valence-corrected chi connectivity index (χ4v) is 3.13. The lowest BCUT2D eigenvalue weighted by atomic mass is 9.93. The van der Waals surface area contributed by atoms with Gasteiger partial charge in [-0.1, -0.05) is 64.1 Å². The lowest BCUT2D eigenvalue weighted by Crippen LogP contribution is -2.41. The molecule has 0 heterocycles. The van der Waals surface area contributed by atoms with E-state index in [1.54, 1.807) is 12.1 Å². The summed E-state index contributed by atoms with van der Waals surface area (Å²) in [6.45, 7) is 10.7. The van der Waals surface area contributed by atoms with Gasteiger partial charge in [-0.2, -0.15) is 0 Å². The molecule has 2 rings (SSSR count). The lowest BCUT2D eigenvalue weighted by Gasteiger charge is -2.23. The number of carbonyl (C=O) groups excluding carboxylic acids is 2. The van der Waals surface area contributed by atoms with Gasteiger partial charge in [-0.05, 0) is 42.0 Å². The second-order valence-corrected chi connectivity index (χ2v) is 7.85. The Bertz CT molecular complexity index is 832. The van der Waals surface area contributed by atoms with Gasteiger partial charge >= 0.3 is 6.03 Å². The monoisotopic (exact) mass is 411 g/mol. The molecule has 0 aliphatic heterocycles. The number of hydrogen-bond donors (Lipinski definition) is 3. The van der Waals surface area contributed by atoms with Crippen LogP contribution in [0.3, 0.4) is 0 Å². The minimum atomic E-state index is -0.459. The largest absolute Gasteiger partial charge is 0.492 e. The minimum absolute atomic E-state index is 0.115. The van der Waals surface area contributed by atoms with Crippen molar-refractivity contribution in [1.82, 2.24) is 10.6 Å². The number of ether oxygens (including phenoxy) is 1. The van der Waals surface area contributed by atoms with Crippen molar-refractivity contribution in [2.45, 2.75) is 46.6 Å². The summed E-state index contributed by atoms with van der Waals surface area (Å²) in [5, 5.41) is 8.35. The maximum atomic E-state index is 12.5. The third kappa shape index (κ3) is 6.79. The first kappa shape index (κ1) is 23.3. The van der Waals surface area contributed by atoms with Crippen LogP contribution in [-0.4, -0.2) is 25.1 Å². The highest BCUT2D eigenvalue weighted by Gasteiger charge is 2.19. The zero-order valence-electron chi connectivity index (χ0n) is 18.5. The highest BCUT2D eigenvalue weighted by atomic mass is 16.5. The molecule has 0 radical (unpaired) electrons. The molecule has 6 nitrogen and oxygen atoms in total. The molecule has 2 aromatic rings. The average Bonchev–Trinajstić information content (AvgIpc) is 2.72. The van der Waals surface area contributed by atoms with E-state index in [0.717, 1.165) is 5.56 Å². The van der Waals surface area contributed by atoms with Crippen molar-refractivity contribution in [3.05, 3.63) is 59.7 Å². The van der Waals surface area contributed by atoms with E-state index < -0.39 is 6.03 Å². The molecule has 3 amide bonds. The van der Waals surface area contributed by atoms with Crippen molar-refractivity contribution < 1.29 is 14.3 Å². The highest BCUT2D eigenvalue weighted by Crippen LogP contribution is 2.24. The Balaban J connectivity index is 1.92. The van der Waals surface area contributed by atoms with E-state index in [1.165, 1.54) is 5.56 Å². The topological polar surface area (TPSA) is 79.5 Å². The molecule has 0 saturated carbocycles. The second kappa shape index (κ2) is 11.2. The highest BCUT2D eigenvalue weighted by molar-refractivity contribution is 5.93. The van der Waals surface area contributed by atoms with Crippen LogP contribution in [0.2, 0.25) is 0 Å². The second-order valence-electron chi connectivity index (χ2n) is 7.85. The molecule has 1 atom stereocenters. The predicted octanol–water partition coefficient (Wildman–Crippen LogP) is 4.84. The van der Waals surface area contributed by atoms with E-state index in [2.05, 4.69) is 67.9 Å². The molecule has 6 heteroatoms. The third-order valence-corrected chi connectivity index (χ3v) is 4.79. The smallest absolute Gasteiger partial charge is 0.319 e. The van der Waals surface area contributed by atoms with Gasteiger partial charge < -0.3 is 20.7 Å². The summed E-state index contributed by atoms with van der Waals surface area (Å²) in [6, 6.07) is 14.9. The van der Waals surface area contributed by atoms with Gasteiger partial charge in [-0.25, -0.2) is 4.79 Å². The molecule has 3 N–H and O–H groups in total. The molecule has 0 bridgehead atoms. The van der Waals surface area contributed by atoms with Crippen LogP contribution in [0.5, 0.6) is 5.75 Å². The standard InChI is InChI=1S/C24H33N3O3/c1-6-30-21-10-8-7-9-20(21)26-24(29)25-15-22(28)27-23(17(4)5)19-13-11-18(12-14-19)16(2)3/h7-14,16-17,23H,6,15H2,1-5H3,(H,27,28)(H2,25,26,29)/t23-/m1/s1. The van der Waals surface area contributed by atoms with Gasteiger partial charge in [0.05, 0.1) is 24.9 Å². The van der Waals surface area contributed by atoms with Gasteiger partial charge in [0.2, 0.25) is 5.91 Å². The molecular weight excluding hydrogens is 378 g/mol. The van der Waals surface area contributed by atoms with E-state index in [4.69, 9.17) is 4.74 Å². The van der Waals surface area contributed by atoms with E-state index in [0.29, 0.717) is 24.0 Å². The molecule has 0 spiro atoms. The molecule has 162 valence electrons. The summed E-state index contributed by atoms with van der Waals surface area (Å²) < 4.78 is 5.49. The summed E-state index contributed by atoms with van der Waals surface area (Å²) in [7, 11) is 0. The number of carbonyl (C=O) groups is 2. The Labute approximate surface area is 179 Å². The van der Waals surface area contributed by atoms with Gasteiger partial charge in [0.15, 0.2) is 0 Å². The maximum Gasteiger partial charge on any atom is 0.319 e. The number of amides is 3. The number of hydrogen-bond acceptors (Lipinski definition) is 3. The first-order chi connectivity index (χ1) is 14.3. The molecular formula is C24H33N3O3. The molecule has 0 saturated heterocycles. The van der Waals surface area contributed by atoms with Crippen LogP contribution < -0.4 is 20.7 Å². The molecule has 0 aromatic heterocycles. The summed E-state index contributed by atoms with van der Waals surface area (Å²) in [6.07, 6.45) is 0. The van der Waals surface area contributed by atoms with Crippen molar-refractivity contribution in [3.63, 3.8) is 0 Å². The maximum absolute atomic E-state index is 12.5. The van der Waals surface area contributed by atoms with Crippen molar-refractivity contribution >= 4 is 17.6 Å². The van der Waals surface area contributed by atoms with Crippen LogP contribution in [0.4, 0.5) is 10.5 Å². The molecule has 0 aliphatic carbocycles. The summed E-state index contributed by atoms with van der Waals surface area (Å²) >= 11 is 0. The van der Waals surface area contributed by atoms with Crippen molar-refractivity contribution in [2.24, 2.45) is 5.92 Å². The van der Waals surface area contributed by atoms with Gasteiger partial charge in [-0.15, -0.1) is 0 Å². The third-order valence-electron chi connectivity index (χ3n) is 4.79. The molecule has 0 unspecified atom stereocenters. The van der Waals surface area contributed by atoms with Crippen LogP contribution in [0.15, 0.2) is 48.5 Å². The Kier molecular flexibility index (Phi) is 8.71. The van der Waals surface area contributed by atoms with Crippen LogP contribution >= 0.6 is 0 Å². The molecule has 0 fully saturated rings. The summed E-state index contributed by atoms with van der Waals surface area (Å²) in [5.41, 5.74) is 2.87. The van der Waals surface area contributed by atoms with E-state index in [9.17, 15) is 9.59 Å². The van der Waals surface area contributed by atoms with Crippen molar-refractivity contribution in [1.29, 1.82) is 0 Å². The number of rotatable bonds is 9. The fourth-order valence-electron chi connectivity index (χ4n) is 3.13. The average molecular weight is 412 g/mol. The van der Waals surface area contributed by atoms with Crippen LogP contribution in [0, 0.1) is 5.92 Å². The van der Waals surface area contributed by atoms with Gasteiger partial charge in [0, 0.05) is 0 Å². The zero-order chi connectivity index (χ0) is 22.1. The SMILES string of the molecule is CCOc1ccccc1NC(=O)NCC(=O)N[C@@H](c1ccc(C(C)C)cc1)C(C)C. The Morgan fingerprint density at radius 3 is 2.17 bits per heavy atom. The number of anilines is 1. The number of nitrogens with one attached hydrogen (secondary N) is 3. The van der Waals surface area contributed by atoms with Crippen LogP contribution in [0.1, 0.15) is 57.7 Å². The number of para-hydroxylation sites is 2. The van der Waals surface area contributed by atoms with E-state index in [1.807, 2.05) is 19.1 Å². The summed E-state index contributed by atoms with van der Waals surface area (Å²) in [5.74, 6) is 1.02. The predicted molar refractivity (Wildman–Crippen MR) is 121 cm³/mol. The van der Waals surface area contributed by atoms with Crippen molar-refractivity contribution in [3.8, 4) is 5.75 Å². The molecule has 2 aromatic carbocycles. The normalized spacial score (nSPS) is 11.8. The minimum Gasteiger partial charge on any atom is -0.492 e. The van der Waals surface area contributed by atoms with Gasteiger partial charge in [0.1, 0.15) is 5.75 Å². The van der Waals surface area contributed by atoms with Crippen molar-refractivity contribution in [2.75, 3.05) is 18.5 Å². The lowest BCUT2D eigenvalue weighted by molar-refractivity contribution is -0.121. The Hall–Kier alpha value is -3.02. The van der Waals surface area contributed by atoms with E-state index >= 15 is 0 Å². The van der Waals surface area contributed by atoms with Crippen LogP contribution in [0.25, 0.3) is 0 Å². The Morgan fingerprint density at radius 2 is 1.57 bits per heavy atom. The van der Waals surface area contributed by atoms with E-state index in [-0.39, 0.29) is 24.4 Å². The van der Waals surface area contributed by atoms with Gasteiger partial charge in [0.25, 0.3) is 0 Å². The first-order valence-corrected chi connectivity index (χ1v) is 10.5. The van der Waals surface area contributed by atoms with Crippen LogP contribution in [-0.2, 0) is 4.79 Å².